The van der Waals surface area contributed by atoms with Crippen molar-refractivity contribution < 1.29 is 4.79 Å². The molecule has 0 aliphatic carbocycles. The van der Waals surface area contributed by atoms with Crippen LogP contribution in [0.15, 0.2) is 36.9 Å². The molecule has 15 heavy (non-hydrogen) atoms. The van der Waals surface area contributed by atoms with Gasteiger partial charge < -0.3 is 5.32 Å². The predicted molar refractivity (Wildman–Crippen MR) is 62.6 cm³/mol. The van der Waals surface area contributed by atoms with Gasteiger partial charge in [-0.1, -0.05) is 43.3 Å². The number of hydrogen-bond acceptors (Lipinski definition) is 1. The van der Waals surface area contributed by atoms with Crippen LogP contribution in [-0.2, 0) is 4.79 Å². The molecule has 2 heteroatoms. The molecule has 0 saturated carbocycles. The molecule has 0 fully saturated rings. The summed E-state index contributed by atoms with van der Waals surface area (Å²) in [5.41, 5.74) is 2.36. The van der Waals surface area contributed by atoms with E-state index in [1.165, 1.54) is 11.6 Å². The maximum atomic E-state index is 11.2. The zero-order chi connectivity index (χ0) is 11.3. The Hall–Kier alpha value is -1.57. The second-order valence-corrected chi connectivity index (χ2v) is 3.58. The third-order valence-corrected chi connectivity index (χ3v) is 2.39. The van der Waals surface area contributed by atoms with Crippen molar-refractivity contribution >= 4 is 5.91 Å². The number of hydrogen-bond donors (Lipinski definition) is 1. The van der Waals surface area contributed by atoms with Gasteiger partial charge in [0.25, 0.3) is 0 Å². The van der Waals surface area contributed by atoms with Gasteiger partial charge in [-0.05, 0) is 25.0 Å². The second-order valence-electron chi connectivity index (χ2n) is 3.58. The van der Waals surface area contributed by atoms with Crippen molar-refractivity contribution in [2.75, 3.05) is 0 Å². The van der Waals surface area contributed by atoms with Gasteiger partial charge in [-0.3, -0.25) is 4.79 Å². The van der Waals surface area contributed by atoms with Crippen molar-refractivity contribution in [1.82, 2.24) is 5.32 Å². The summed E-state index contributed by atoms with van der Waals surface area (Å²) in [7, 11) is 0. The van der Waals surface area contributed by atoms with Gasteiger partial charge >= 0.3 is 0 Å². The predicted octanol–water partition coefficient (Wildman–Crippen LogP) is 2.75. The standard InChI is InChI=1S/C13H17NO/c1-4-12(14-13(15)5-2)11-8-6-10(3)7-9-11/h5-9,12H,2,4H2,1,3H3,(H,14,15). The summed E-state index contributed by atoms with van der Waals surface area (Å²) in [6, 6.07) is 8.28. The monoisotopic (exact) mass is 203 g/mol. The smallest absolute Gasteiger partial charge is 0.243 e. The van der Waals surface area contributed by atoms with Gasteiger partial charge in [-0.25, -0.2) is 0 Å². The minimum Gasteiger partial charge on any atom is -0.346 e. The molecule has 1 N–H and O–H groups in total. The van der Waals surface area contributed by atoms with E-state index < -0.39 is 0 Å². The third-order valence-electron chi connectivity index (χ3n) is 2.39. The first-order valence-corrected chi connectivity index (χ1v) is 5.17. The second kappa shape index (κ2) is 5.35. The van der Waals surface area contributed by atoms with Crippen LogP contribution in [-0.4, -0.2) is 5.91 Å². The number of carbonyl (C=O) groups is 1. The van der Waals surface area contributed by atoms with Gasteiger partial charge in [0.2, 0.25) is 5.91 Å². The summed E-state index contributed by atoms with van der Waals surface area (Å²) in [5, 5.41) is 2.90. The van der Waals surface area contributed by atoms with E-state index >= 15 is 0 Å². The molecule has 1 aromatic carbocycles. The van der Waals surface area contributed by atoms with Crippen LogP contribution < -0.4 is 5.32 Å². The number of nitrogens with one attached hydrogen (secondary N) is 1. The Morgan fingerprint density at radius 3 is 2.53 bits per heavy atom. The molecular weight excluding hydrogens is 186 g/mol. The first-order valence-electron chi connectivity index (χ1n) is 5.17. The summed E-state index contributed by atoms with van der Waals surface area (Å²) in [4.78, 5) is 11.2. The molecule has 2 nitrogen and oxygen atoms in total. The Morgan fingerprint density at radius 2 is 2.07 bits per heavy atom. The highest BCUT2D eigenvalue weighted by Gasteiger charge is 2.09. The Labute approximate surface area is 91.0 Å². The van der Waals surface area contributed by atoms with Crippen molar-refractivity contribution in [2.45, 2.75) is 26.3 Å². The lowest BCUT2D eigenvalue weighted by Crippen LogP contribution is -2.26. The molecular formula is C13H17NO. The molecule has 1 rings (SSSR count). The van der Waals surface area contributed by atoms with Gasteiger partial charge in [-0.15, -0.1) is 0 Å². The molecule has 0 saturated heterocycles. The molecule has 0 aromatic heterocycles. The number of carbonyl (C=O) groups excluding carboxylic acids is 1. The number of benzene rings is 1. The van der Waals surface area contributed by atoms with E-state index in [2.05, 4.69) is 24.0 Å². The summed E-state index contributed by atoms with van der Waals surface area (Å²) >= 11 is 0. The number of rotatable bonds is 4. The zero-order valence-corrected chi connectivity index (χ0v) is 9.29. The first kappa shape index (κ1) is 11.5. The fraction of sp³-hybridized carbons (Fsp3) is 0.308. The zero-order valence-electron chi connectivity index (χ0n) is 9.29. The first-order chi connectivity index (χ1) is 7.17. The van der Waals surface area contributed by atoms with E-state index in [4.69, 9.17) is 0 Å². The van der Waals surface area contributed by atoms with E-state index in [-0.39, 0.29) is 11.9 Å². The summed E-state index contributed by atoms with van der Waals surface area (Å²) < 4.78 is 0. The molecule has 1 aromatic rings. The van der Waals surface area contributed by atoms with Crippen molar-refractivity contribution in [1.29, 1.82) is 0 Å². The minimum absolute atomic E-state index is 0.0797. The van der Waals surface area contributed by atoms with Crippen molar-refractivity contribution in [3.8, 4) is 0 Å². The van der Waals surface area contributed by atoms with Gasteiger partial charge in [0.15, 0.2) is 0 Å². The summed E-state index contributed by atoms with van der Waals surface area (Å²) in [6.45, 7) is 7.54. The molecule has 0 aliphatic rings. The van der Waals surface area contributed by atoms with Crippen LogP contribution in [0.4, 0.5) is 0 Å². The highest BCUT2D eigenvalue weighted by molar-refractivity contribution is 5.87. The normalized spacial score (nSPS) is 11.9. The Morgan fingerprint density at radius 1 is 1.47 bits per heavy atom. The lowest BCUT2D eigenvalue weighted by molar-refractivity contribution is -0.117. The van der Waals surface area contributed by atoms with Crippen molar-refractivity contribution in [3.63, 3.8) is 0 Å². The van der Waals surface area contributed by atoms with E-state index in [0.29, 0.717) is 0 Å². The van der Waals surface area contributed by atoms with Gasteiger partial charge in [0.1, 0.15) is 0 Å². The van der Waals surface area contributed by atoms with Crippen LogP contribution >= 0.6 is 0 Å². The topological polar surface area (TPSA) is 29.1 Å². The van der Waals surface area contributed by atoms with Crippen LogP contribution in [0.1, 0.15) is 30.5 Å². The van der Waals surface area contributed by atoms with Crippen LogP contribution in [0.25, 0.3) is 0 Å². The average molecular weight is 203 g/mol. The fourth-order valence-corrected chi connectivity index (χ4v) is 1.45. The largest absolute Gasteiger partial charge is 0.346 e. The molecule has 0 heterocycles. The lowest BCUT2D eigenvalue weighted by Gasteiger charge is -2.16. The van der Waals surface area contributed by atoms with Crippen LogP contribution in [0.3, 0.4) is 0 Å². The Balaban J connectivity index is 2.78. The molecule has 0 aliphatic heterocycles. The SMILES string of the molecule is C=CC(=O)NC(CC)c1ccc(C)cc1. The molecule has 0 radical (unpaired) electrons. The van der Waals surface area contributed by atoms with E-state index in [1.54, 1.807) is 0 Å². The highest BCUT2D eigenvalue weighted by Crippen LogP contribution is 2.16. The summed E-state index contributed by atoms with van der Waals surface area (Å²) in [5.74, 6) is -0.123. The quantitative estimate of drug-likeness (QED) is 0.749. The molecule has 0 bridgehead atoms. The van der Waals surface area contributed by atoms with Gasteiger partial charge in [-0.2, -0.15) is 0 Å². The number of aryl methyl sites for hydroxylation is 1. The van der Waals surface area contributed by atoms with E-state index in [0.717, 1.165) is 12.0 Å². The highest BCUT2D eigenvalue weighted by atomic mass is 16.1. The Bertz CT molecular complexity index is 340. The molecule has 1 atom stereocenters. The maximum Gasteiger partial charge on any atom is 0.243 e. The van der Waals surface area contributed by atoms with Crippen molar-refractivity contribution in [3.05, 3.63) is 48.0 Å². The third kappa shape index (κ3) is 3.24. The summed E-state index contributed by atoms with van der Waals surface area (Å²) in [6.07, 6.45) is 2.18. The molecule has 80 valence electrons. The minimum atomic E-state index is -0.123. The van der Waals surface area contributed by atoms with E-state index in [1.807, 2.05) is 26.0 Å². The van der Waals surface area contributed by atoms with Crippen LogP contribution in [0.5, 0.6) is 0 Å². The van der Waals surface area contributed by atoms with Crippen LogP contribution in [0, 0.1) is 6.92 Å². The molecule has 0 spiro atoms. The maximum absolute atomic E-state index is 11.2. The van der Waals surface area contributed by atoms with Crippen molar-refractivity contribution in [2.24, 2.45) is 0 Å². The molecule has 1 unspecified atom stereocenters. The fourth-order valence-electron chi connectivity index (χ4n) is 1.45. The Kier molecular flexibility index (Phi) is 4.10. The van der Waals surface area contributed by atoms with Gasteiger partial charge in [0.05, 0.1) is 6.04 Å². The number of amides is 1. The lowest BCUT2D eigenvalue weighted by atomic mass is 10.0. The molecule has 1 amide bonds. The average Bonchev–Trinajstić information content (AvgIpc) is 2.27. The van der Waals surface area contributed by atoms with E-state index in [9.17, 15) is 4.79 Å². The van der Waals surface area contributed by atoms with Gasteiger partial charge in [0, 0.05) is 0 Å². The van der Waals surface area contributed by atoms with Crippen LogP contribution in [0.2, 0.25) is 0 Å².